The van der Waals surface area contributed by atoms with Crippen LogP contribution >= 0.6 is 27.5 Å². The molecule has 0 amide bonds. The van der Waals surface area contributed by atoms with E-state index in [2.05, 4.69) is 15.9 Å². The molecule has 22 heavy (non-hydrogen) atoms. The molecule has 2 aromatic carbocycles. The number of esters is 1. The first-order chi connectivity index (χ1) is 10.6. The average Bonchev–Trinajstić information content (AvgIpc) is 2.53. The molecule has 4 nitrogen and oxygen atoms in total. The van der Waals surface area contributed by atoms with Crippen LogP contribution in [0.4, 0.5) is 0 Å². The Bertz CT molecular complexity index is 599. The second-order valence-electron chi connectivity index (χ2n) is 4.27. The van der Waals surface area contributed by atoms with Crippen molar-refractivity contribution < 1.29 is 19.0 Å². The molecule has 0 fully saturated rings. The normalized spacial score (nSPS) is 10.1. The summed E-state index contributed by atoms with van der Waals surface area (Å²) in [4.78, 5) is 11.5. The molecule has 0 aliphatic heterocycles. The fourth-order valence-electron chi connectivity index (χ4n) is 1.56. The Morgan fingerprint density at radius 2 is 1.50 bits per heavy atom. The summed E-state index contributed by atoms with van der Waals surface area (Å²) in [5.41, 5.74) is 0. The van der Waals surface area contributed by atoms with Gasteiger partial charge in [-0.2, -0.15) is 0 Å². The number of halogens is 2. The van der Waals surface area contributed by atoms with Crippen molar-refractivity contribution in [2.45, 2.75) is 0 Å². The highest BCUT2D eigenvalue weighted by Crippen LogP contribution is 2.16. The average molecular weight is 386 g/mol. The highest BCUT2D eigenvalue weighted by atomic mass is 79.9. The summed E-state index contributed by atoms with van der Waals surface area (Å²) in [6.07, 6.45) is 0. The zero-order valence-electron chi connectivity index (χ0n) is 11.6. The van der Waals surface area contributed by atoms with Crippen molar-refractivity contribution in [3.05, 3.63) is 58.0 Å². The molecular weight excluding hydrogens is 372 g/mol. The van der Waals surface area contributed by atoms with Crippen LogP contribution in [0.1, 0.15) is 0 Å². The lowest BCUT2D eigenvalue weighted by molar-refractivity contribution is -0.146. The van der Waals surface area contributed by atoms with Gasteiger partial charge in [0.1, 0.15) is 24.7 Å². The molecule has 0 saturated heterocycles. The van der Waals surface area contributed by atoms with Gasteiger partial charge >= 0.3 is 5.97 Å². The number of carbonyl (C=O) groups excluding carboxylic acids is 1. The minimum Gasteiger partial charge on any atom is -0.490 e. The summed E-state index contributed by atoms with van der Waals surface area (Å²) in [5, 5.41) is 0.611. The van der Waals surface area contributed by atoms with Gasteiger partial charge in [-0.05, 0) is 48.5 Å². The fraction of sp³-hybridized carbons (Fsp3) is 0.188. The number of hydrogen-bond acceptors (Lipinski definition) is 4. The third kappa shape index (κ3) is 5.95. The Morgan fingerprint density at radius 3 is 2.18 bits per heavy atom. The van der Waals surface area contributed by atoms with E-state index in [0.29, 0.717) is 10.8 Å². The molecule has 0 heterocycles. The Labute approximate surface area is 142 Å². The van der Waals surface area contributed by atoms with Gasteiger partial charge in [0.15, 0.2) is 6.61 Å². The van der Waals surface area contributed by atoms with E-state index in [1.807, 2.05) is 24.3 Å². The van der Waals surface area contributed by atoms with Crippen molar-refractivity contribution in [1.82, 2.24) is 0 Å². The molecule has 6 heteroatoms. The lowest BCUT2D eigenvalue weighted by Gasteiger charge is -2.08. The maximum absolute atomic E-state index is 11.5. The Morgan fingerprint density at radius 1 is 0.909 bits per heavy atom. The van der Waals surface area contributed by atoms with Gasteiger partial charge in [0.25, 0.3) is 0 Å². The number of carbonyl (C=O) groups is 1. The number of rotatable bonds is 7. The lowest BCUT2D eigenvalue weighted by atomic mass is 10.3. The third-order valence-corrected chi connectivity index (χ3v) is 3.38. The van der Waals surface area contributed by atoms with Crippen LogP contribution in [0.25, 0.3) is 0 Å². The van der Waals surface area contributed by atoms with E-state index in [-0.39, 0.29) is 19.8 Å². The first-order valence-corrected chi connectivity index (χ1v) is 7.73. The zero-order valence-corrected chi connectivity index (χ0v) is 14.0. The molecule has 0 aromatic heterocycles. The van der Waals surface area contributed by atoms with Gasteiger partial charge in [0.05, 0.1) is 0 Å². The molecule has 2 rings (SSSR count). The van der Waals surface area contributed by atoms with E-state index in [4.69, 9.17) is 25.8 Å². The maximum atomic E-state index is 11.5. The summed E-state index contributed by atoms with van der Waals surface area (Å²) in [6, 6.07) is 14.2. The van der Waals surface area contributed by atoms with Gasteiger partial charge in [0.2, 0.25) is 0 Å². The van der Waals surface area contributed by atoms with Gasteiger partial charge in [-0.3, -0.25) is 0 Å². The van der Waals surface area contributed by atoms with E-state index in [1.54, 1.807) is 24.3 Å². The molecule has 0 unspecified atom stereocenters. The van der Waals surface area contributed by atoms with Crippen molar-refractivity contribution >= 4 is 33.5 Å². The van der Waals surface area contributed by atoms with Crippen molar-refractivity contribution in [2.75, 3.05) is 19.8 Å². The summed E-state index contributed by atoms with van der Waals surface area (Å²) in [7, 11) is 0. The monoisotopic (exact) mass is 384 g/mol. The highest BCUT2D eigenvalue weighted by Gasteiger charge is 2.04. The summed E-state index contributed by atoms with van der Waals surface area (Å²) >= 11 is 9.09. The number of hydrogen-bond donors (Lipinski definition) is 0. The van der Waals surface area contributed by atoms with E-state index >= 15 is 0 Å². The van der Waals surface area contributed by atoms with Crippen LogP contribution in [0.15, 0.2) is 53.0 Å². The zero-order chi connectivity index (χ0) is 15.8. The predicted molar refractivity (Wildman–Crippen MR) is 87.5 cm³/mol. The smallest absolute Gasteiger partial charge is 0.344 e. The van der Waals surface area contributed by atoms with Crippen LogP contribution in [-0.2, 0) is 9.53 Å². The summed E-state index contributed by atoms with van der Waals surface area (Å²) in [6.45, 7) is 0.299. The van der Waals surface area contributed by atoms with Crippen LogP contribution in [0.5, 0.6) is 11.5 Å². The van der Waals surface area contributed by atoms with Gasteiger partial charge in [-0.25, -0.2) is 4.79 Å². The second-order valence-corrected chi connectivity index (χ2v) is 5.62. The molecule has 0 bridgehead atoms. The molecule has 0 saturated carbocycles. The summed E-state index contributed by atoms with van der Waals surface area (Å²) in [5.74, 6) is 0.832. The van der Waals surface area contributed by atoms with E-state index in [9.17, 15) is 4.79 Å². The van der Waals surface area contributed by atoms with Gasteiger partial charge in [0, 0.05) is 9.50 Å². The fourth-order valence-corrected chi connectivity index (χ4v) is 1.95. The van der Waals surface area contributed by atoms with Crippen LogP contribution < -0.4 is 9.47 Å². The maximum Gasteiger partial charge on any atom is 0.344 e. The van der Waals surface area contributed by atoms with Crippen LogP contribution in [0, 0.1) is 0 Å². The molecule has 0 atom stereocenters. The molecule has 0 radical (unpaired) electrons. The van der Waals surface area contributed by atoms with Crippen molar-refractivity contribution in [1.29, 1.82) is 0 Å². The van der Waals surface area contributed by atoms with Crippen molar-refractivity contribution in [3.8, 4) is 11.5 Å². The highest BCUT2D eigenvalue weighted by molar-refractivity contribution is 9.10. The van der Waals surface area contributed by atoms with Crippen molar-refractivity contribution in [3.63, 3.8) is 0 Å². The minimum atomic E-state index is -0.450. The predicted octanol–water partition coefficient (Wildman–Crippen LogP) is 4.10. The number of benzene rings is 2. The third-order valence-electron chi connectivity index (χ3n) is 2.60. The molecule has 0 spiro atoms. The second kappa shape index (κ2) is 8.66. The van der Waals surface area contributed by atoms with Crippen LogP contribution in [-0.4, -0.2) is 25.8 Å². The molecule has 116 valence electrons. The standard InChI is InChI=1S/C16H14BrClO4/c17-12-1-5-14(6-2-12)20-9-10-21-16(19)11-22-15-7-3-13(18)4-8-15/h1-8H,9-11H2. The van der Waals surface area contributed by atoms with E-state index in [0.717, 1.165) is 10.2 Å². The topological polar surface area (TPSA) is 44.8 Å². The largest absolute Gasteiger partial charge is 0.490 e. The number of ether oxygens (including phenoxy) is 3. The molecule has 2 aromatic rings. The lowest BCUT2D eigenvalue weighted by Crippen LogP contribution is -2.18. The molecule has 0 aliphatic carbocycles. The Kier molecular flexibility index (Phi) is 6.55. The minimum absolute atomic E-state index is 0.153. The van der Waals surface area contributed by atoms with Crippen LogP contribution in [0.3, 0.4) is 0 Å². The van der Waals surface area contributed by atoms with Gasteiger partial charge in [-0.15, -0.1) is 0 Å². The Balaban J connectivity index is 1.61. The molecule has 0 N–H and O–H groups in total. The van der Waals surface area contributed by atoms with Crippen LogP contribution in [0.2, 0.25) is 5.02 Å². The molecule has 0 aliphatic rings. The molecular formula is C16H14BrClO4. The quantitative estimate of drug-likeness (QED) is 0.532. The summed E-state index contributed by atoms with van der Waals surface area (Å²) < 4.78 is 16.7. The Hall–Kier alpha value is -1.72. The first kappa shape index (κ1) is 16.6. The van der Waals surface area contributed by atoms with Crippen molar-refractivity contribution in [2.24, 2.45) is 0 Å². The van der Waals surface area contributed by atoms with Gasteiger partial charge < -0.3 is 14.2 Å². The van der Waals surface area contributed by atoms with E-state index < -0.39 is 5.97 Å². The van der Waals surface area contributed by atoms with Gasteiger partial charge in [-0.1, -0.05) is 27.5 Å². The SMILES string of the molecule is O=C(COc1ccc(Cl)cc1)OCCOc1ccc(Br)cc1. The first-order valence-electron chi connectivity index (χ1n) is 6.56. The van der Waals surface area contributed by atoms with E-state index in [1.165, 1.54) is 0 Å².